The minimum atomic E-state index is -3.87. The van der Waals surface area contributed by atoms with Crippen LogP contribution in [-0.2, 0) is 10.0 Å². The lowest BCUT2D eigenvalue weighted by atomic mass is 10.1. The van der Waals surface area contributed by atoms with E-state index in [2.05, 4.69) is 32.6 Å². The van der Waals surface area contributed by atoms with Crippen LogP contribution < -0.4 is 4.31 Å². The summed E-state index contributed by atoms with van der Waals surface area (Å²) in [5.74, 6) is 0.921. The Balaban J connectivity index is 1.91. The van der Waals surface area contributed by atoms with Crippen LogP contribution in [0.3, 0.4) is 0 Å². The summed E-state index contributed by atoms with van der Waals surface area (Å²) in [6, 6.07) is 21.9. The summed E-state index contributed by atoms with van der Waals surface area (Å²) in [6.45, 7) is 10.7. The minimum Gasteiger partial charge on any atom is -0.390 e. The number of anilines is 1. The average Bonchev–Trinajstić information content (AvgIpc) is 2.76. The van der Waals surface area contributed by atoms with Crippen molar-refractivity contribution in [2.24, 2.45) is 11.8 Å². The normalized spacial score (nSPS) is 13.2. The van der Waals surface area contributed by atoms with Gasteiger partial charge in [0, 0.05) is 19.6 Å². The zero-order valence-corrected chi connectivity index (χ0v) is 20.9. The van der Waals surface area contributed by atoms with Crippen molar-refractivity contribution in [2.45, 2.75) is 38.7 Å². The van der Waals surface area contributed by atoms with Gasteiger partial charge in [0.05, 0.1) is 23.2 Å². The van der Waals surface area contributed by atoms with Gasteiger partial charge < -0.3 is 10.0 Å². The lowest BCUT2D eigenvalue weighted by Gasteiger charge is -2.31. The van der Waals surface area contributed by atoms with Crippen LogP contribution in [0.4, 0.5) is 5.69 Å². The van der Waals surface area contributed by atoms with Gasteiger partial charge in [-0.2, -0.15) is 0 Å². The fourth-order valence-electron chi connectivity index (χ4n) is 4.20. The Kier molecular flexibility index (Phi) is 8.51. The Labute approximate surface area is 198 Å². The van der Waals surface area contributed by atoms with Crippen LogP contribution in [0.1, 0.15) is 27.7 Å². The van der Waals surface area contributed by atoms with E-state index in [1.165, 1.54) is 4.31 Å². The molecule has 0 saturated heterocycles. The number of aliphatic hydroxyl groups excluding tert-OH is 1. The Hall–Kier alpha value is -2.41. The molecule has 0 fully saturated rings. The van der Waals surface area contributed by atoms with Crippen molar-refractivity contribution in [1.29, 1.82) is 0 Å². The first-order chi connectivity index (χ1) is 15.7. The third-order valence-corrected chi connectivity index (χ3v) is 7.24. The molecule has 0 amide bonds. The summed E-state index contributed by atoms with van der Waals surface area (Å²) in [7, 11) is -3.87. The first kappa shape index (κ1) is 25.2. The summed E-state index contributed by atoms with van der Waals surface area (Å²) in [5.41, 5.74) is 0.545. The van der Waals surface area contributed by atoms with Crippen LogP contribution >= 0.6 is 0 Å². The topological polar surface area (TPSA) is 60.9 Å². The quantitative estimate of drug-likeness (QED) is 0.430. The molecule has 0 aliphatic heterocycles. The number of hydrogen-bond donors (Lipinski definition) is 1. The fraction of sp³-hybridized carbons (Fsp3) is 0.407. The van der Waals surface area contributed by atoms with Gasteiger partial charge in [-0.25, -0.2) is 8.42 Å². The number of rotatable bonds is 11. The fourth-order valence-corrected chi connectivity index (χ4v) is 5.73. The summed E-state index contributed by atoms with van der Waals surface area (Å²) in [4.78, 5) is 2.45. The Morgan fingerprint density at radius 2 is 1.30 bits per heavy atom. The van der Waals surface area contributed by atoms with Crippen molar-refractivity contribution in [3.05, 3.63) is 72.8 Å². The van der Waals surface area contributed by atoms with Crippen molar-refractivity contribution >= 4 is 26.5 Å². The molecule has 0 spiro atoms. The van der Waals surface area contributed by atoms with E-state index in [9.17, 15) is 13.5 Å². The molecule has 3 aromatic carbocycles. The first-order valence-electron chi connectivity index (χ1n) is 11.6. The first-order valence-corrected chi connectivity index (χ1v) is 13.1. The zero-order valence-electron chi connectivity index (χ0n) is 20.1. The van der Waals surface area contributed by atoms with Crippen molar-refractivity contribution in [2.75, 3.05) is 30.5 Å². The summed E-state index contributed by atoms with van der Waals surface area (Å²) in [5, 5.41) is 12.9. The number of sulfonamides is 1. The molecular formula is C27H36N2O3S. The highest BCUT2D eigenvalue weighted by atomic mass is 32.2. The third-order valence-electron chi connectivity index (χ3n) is 5.45. The monoisotopic (exact) mass is 468 g/mol. The maximum Gasteiger partial charge on any atom is 0.264 e. The van der Waals surface area contributed by atoms with E-state index < -0.39 is 16.1 Å². The maximum absolute atomic E-state index is 13.8. The van der Waals surface area contributed by atoms with Gasteiger partial charge in [-0.05, 0) is 46.9 Å². The lowest BCUT2D eigenvalue weighted by Crippen LogP contribution is -2.44. The maximum atomic E-state index is 13.8. The van der Waals surface area contributed by atoms with E-state index in [-0.39, 0.29) is 11.4 Å². The molecule has 6 heteroatoms. The van der Waals surface area contributed by atoms with Crippen LogP contribution in [0.15, 0.2) is 77.7 Å². The second-order valence-corrected chi connectivity index (χ2v) is 11.4. The van der Waals surface area contributed by atoms with Crippen LogP contribution in [0.25, 0.3) is 10.8 Å². The van der Waals surface area contributed by atoms with Gasteiger partial charge in [-0.15, -0.1) is 0 Å². The second kappa shape index (κ2) is 11.1. The second-order valence-electron chi connectivity index (χ2n) is 9.54. The van der Waals surface area contributed by atoms with E-state index >= 15 is 0 Å². The molecular weight excluding hydrogens is 432 g/mol. The zero-order chi connectivity index (χ0) is 24.0. The molecule has 0 aliphatic carbocycles. The average molecular weight is 469 g/mol. The van der Waals surface area contributed by atoms with Crippen LogP contribution in [0, 0.1) is 11.8 Å². The predicted molar refractivity (Wildman–Crippen MR) is 137 cm³/mol. The summed E-state index contributed by atoms with van der Waals surface area (Å²) < 4.78 is 28.8. The number of benzene rings is 3. The largest absolute Gasteiger partial charge is 0.390 e. The van der Waals surface area contributed by atoms with E-state index in [0.29, 0.717) is 24.1 Å². The van der Waals surface area contributed by atoms with E-state index in [4.69, 9.17) is 0 Å². The van der Waals surface area contributed by atoms with Gasteiger partial charge in [0.2, 0.25) is 0 Å². The number of aliphatic hydroxyl groups is 1. The number of fused-ring (bicyclic) bond motifs is 1. The molecule has 3 rings (SSSR count). The van der Waals surface area contributed by atoms with Gasteiger partial charge >= 0.3 is 0 Å². The number of hydrogen-bond acceptors (Lipinski definition) is 4. The van der Waals surface area contributed by atoms with E-state index in [1.807, 2.05) is 48.5 Å². The van der Waals surface area contributed by atoms with Crippen LogP contribution in [0.2, 0.25) is 0 Å². The standard InChI is InChI=1S/C27H36N2O3S/c1-21(2)17-28(18-22(3)4)19-26(30)20-29(25-12-6-5-7-13-25)33(31,32)27-15-14-23-10-8-9-11-24(23)16-27/h5-16,21-22,26,30H,17-20H2,1-4H3/t26-/m0/s1. The van der Waals surface area contributed by atoms with Gasteiger partial charge in [-0.1, -0.05) is 76.2 Å². The highest BCUT2D eigenvalue weighted by Crippen LogP contribution is 2.26. The molecule has 0 aliphatic rings. The predicted octanol–water partition coefficient (Wildman–Crippen LogP) is 5.01. The SMILES string of the molecule is CC(C)CN(CC(C)C)C[C@H](O)CN(c1ccccc1)S(=O)(=O)c1ccc2ccccc2c1. The molecule has 1 atom stereocenters. The highest BCUT2D eigenvalue weighted by molar-refractivity contribution is 7.92. The molecule has 33 heavy (non-hydrogen) atoms. The lowest BCUT2D eigenvalue weighted by molar-refractivity contribution is 0.104. The van der Waals surface area contributed by atoms with Crippen molar-refractivity contribution < 1.29 is 13.5 Å². The molecule has 0 aromatic heterocycles. The van der Waals surface area contributed by atoms with Crippen molar-refractivity contribution in [1.82, 2.24) is 4.90 Å². The molecule has 0 bridgehead atoms. The molecule has 178 valence electrons. The summed E-state index contributed by atoms with van der Waals surface area (Å²) >= 11 is 0. The Morgan fingerprint density at radius 3 is 1.91 bits per heavy atom. The molecule has 0 unspecified atom stereocenters. The van der Waals surface area contributed by atoms with Crippen molar-refractivity contribution in [3.8, 4) is 0 Å². The molecule has 1 N–H and O–H groups in total. The summed E-state index contributed by atoms with van der Waals surface area (Å²) in [6.07, 6.45) is -0.821. The smallest absolute Gasteiger partial charge is 0.264 e. The Bertz CT molecular complexity index is 1120. The number of para-hydroxylation sites is 1. The van der Waals surface area contributed by atoms with Gasteiger partial charge in [0.15, 0.2) is 0 Å². The molecule has 0 radical (unpaired) electrons. The van der Waals surface area contributed by atoms with Gasteiger partial charge in [-0.3, -0.25) is 4.31 Å². The van der Waals surface area contributed by atoms with Crippen LogP contribution in [0.5, 0.6) is 0 Å². The molecule has 0 saturated carbocycles. The molecule has 3 aromatic rings. The molecule has 0 heterocycles. The van der Waals surface area contributed by atoms with E-state index in [0.717, 1.165) is 23.9 Å². The minimum absolute atomic E-state index is 0.00807. The third kappa shape index (κ3) is 6.79. The van der Waals surface area contributed by atoms with Crippen molar-refractivity contribution in [3.63, 3.8) is 0 Å². The van der Waals surface area contributed by atoms with E-state index in [1.54, 1.807) is 24.3 Å². The van der Waals surface area contributed by atoms with Crippen LogP contribution in [-0.4, -0.2) is 50.7 Å². The number of nitrogens with zero attached hydrogens (tertiary/aromatic N) is 2. The Morgan fingerprint density at radius 1 is 0.727 bits per heavy atom. The van der Waals surface area contributed by atoms with Gasteiger partial charge in [0.1, 0.15) is 0 Å². The van der Waals surface area contributed by atoms with Gasteiger partial charge in [0.25, 0.3) is 10.0 Å². The molecule has 5 nitrogen and oxygen atoms in total. The highest BCUT2D eigenvalue weighted by Gasteiger charge is 2.28.